The number of benzene rings is 3. The fourth-order valence-corrected chi connectivity index (χ4v) is 5.64. The molecule has 1 N–H and O–H groups in total. The Bertz CT molecular complexity index is 1310. The number of anilines is 1. The van der Waals surface area contributed by atoms with Gasteiger partial charge in [-0.3, -0.25) is 9.10 Å². The number of para-hydroxylation sites is 1. The van der Waals surface area contributed by atoms with Gasteiger partial charge in [-0.05, 0) is 91.9 Å². The van der Waals surface area contributed by atoms with E-state index in [9.17, 15) is 13.2 Å². The highest BCUT2D eigenvalue weighted by Gasteiger charge is 2.28. The van der Waals surface area contributed by atoms with Crippen LogP contribution in [0.3, 0.4) is 0 Å². The van der Waals surface area contributed by atoms with E-state index in [4.69, 9.17) is 9.47 Å². The highest BCUT2D eigenvalue weighted by molar-refractivity contribution is 7.92. The molecular weight excluding hydrogens is 488 g/mol. The third-order valence-electron chi connectivity index (χ3n) is 6.14. The van der Waals surface area contributed by atoms with Crippen LogP contribution in [-0.4, -0.2) is 34.6 Å². The fourth-order valence-electron chi connectivity index (χ4n) is 4.22. The van der Waals surface area contributed by atoms with E-state index in [0.29, 0.717) is 18.0 Å². The summed E-state index contributed by atoms with van der Waals surface area (Å²) in [6, 6.07) is 18.5. The van der Waals surface area contributed by atoms with Crippen molar-refractivity contribution in [2.45, 2.75) is 51.5 Å². The highest BCUT2D eigenvalue weighted by Crippen LogP contribution is 2.32. The molecule has 0 radical (unpaired) electrons. The van der Waals surface area contributed by atoms with Crippen molar-refractivity contribution in [2.24, 2.45) is 0 Å². The van der Waals surface area contributed by atoms with E-state index >= 15 is 0 Å². The second-order valence-electron chi connectivity index (χ2n) is 9.15. The van der Waals surface area contributed by atoms with Gasteiger partial charge in [0.25, 0.3) is 10.0 Å². The van der Waals surface area contributed by atoms with Crippen molar-refractivity contribution in [1.82, 2.24) is 5.32 Å². The molecule has 3 aromatic carbocycles. The van der Waals surface area contributed by atoms with Crippen LogP contribution in [0.2, 0.25) is 0 Å². The van der Waals surface area contributed by atoms with E-state index in [1.807, 2.05) is 26.8 Å². The molecule has 3 aromatic rings. The van der Waals surface area contributed by atoms with Gasteiger partial charge in [-0.15, -0.1) is 0 Å². The van der Waals surface area contributed by atoms with Gasteiger partial charge in [0.2, 0.25) is 5.91 Å². The number of sulfonamides is 1. The summed E-state index contributed by atoms with van der Waals surface area (Å²) in [6.07, 6.45) is 0. The van der Waals surface area contributed by atoms with Gasteiger partial charge in [0, 0.05) is 0 Å². The van der Waals surface area contributed by atoms with E-state index in [-0.39, 0.29) is 23.4 Å². The molecule has 7 nitrogen and oxygen atoms in total. The maximum absolute atomic E-state index is 13.6. The first-order valence-electron chi connectivity index (χ1n) is 12.4. The molecule has 0 saturated heterocycles. The van der Waals surface area contributed by atoms with E-state index in [1.165, 1.54) is 12.1 Å². The predicted molar refractivity (Wildman–Crippen MR) is 147 cm³/mol. The molecule has 8 heteroatoms. The number of hydrogen-bond donors (Lipinski definition) is 1. The van der Waals surface area contributed by atoms with Gasteiger partial charge in [0.1, 0.15) is 18.0 Å². The van der Waals surface area contributed by atoms with Crippen LogP contribution in [0, 0.1) is 6.92 Å². The molecule has 0 aliphatic heterocycles. The molecule has 0 aliphatic carbocycles. The van der Waals surface area contributed by atoms with Crippen LogP contribution in [0.4, 0.5) is 5.69 Å². The molecule has 0 heterocycles. The molecule has 0 saturated carbocycles. The van der Waals surface area contributed by atoms with Crippen LogP contribution < -0.4 is 19.1 Å². The van der Waals surface area contributed by atoms with Crippen molar-refractivity contribution >= 4 is 21.6 Å². The maximum atomic E-state index is 13.6. The van der Waals surface area contributed by atoms with Crippen molar-refractivity contribution in [3.05, 3.63) is 83.4 Å². The van der Waals surface area contributed by atoms with Gasteiger partial charge in [-0.25, -0.2) is 8.42 Å². The lowest BCUT2D eigenvalue weighted by atomic mass is 9.93. The average molecular weight is 525 g/mol. The number of amides is 1. The number of carbonyl (C=O) groups excluding carboxylic acids is 1. The molecule has 0 fully saturated rings. The number of hydrogen-bond acceptors (Lipinski definition) is 5. The third kappa shape index (κ3) is 6.63. The maximum Gasteiger partial charge on any atom is 0.264 e. The first-order chi connectivity index (χ1) is 17.6. The summed E-state index contributed by atoms with van der Waals surface area (Å²) in [5.74, 6) is 1.22. The molecule has 1 amide bonds. The van der Waals surface area contributed by atoms with Crippen LogP contribution in [0.1, 0.15) is 56.3 Å². The molecule has 0 aromatic heterocycles. The molecule has 0 bridgehead atoms. The quantitative estimate of drug-likeness (QED) is 0.353. The summed E-state index contributed by atoms with van der Waals surface area (Å²) in [7, 11) is -2.37. The summed E-state index contributed by atoms with van der Waals surface area (Å²) < 4.78 is 39.4. The van der Waals surface area contributed by atoms with Gasteiger partial charge in [0.05, 0.1) is 30.3 Å². The fraction of sp³-hybridized carbons (Fsp3) is 0.345. The van der Waals surface area contributed by atoms with Gasteiger partial charge in [-0.2, -0.15) is 0 Å². The number of rotatable bonds is 11. The lowest BCUT2D eigenvalue weighted by Gasteiger charge is -2.26. The Morgan fingerprint density at radius 2 is 1.62 bits per heavy atom. The SMILES string of the molecule is CCOc1ccc(S(=O)(=O)N(CC(=O)N[C@H](C)c2cc(C(C)C)c(OC)cc2C)c2ccccc2)cc1. The summed E-state index contributed by atoms with van der Waals surface area (Å²) in [5.41, 5.74) is 3.39. The first-order valence-corrected chi connectivity index (χ1v) is 13.8. The van der Waals surface area contributed by atoms with Crippen LogP contribution in [-0.2, 0) is 14.8 Å². The molecule has 0 aliphatic rings. The van der Waals surface area contributed by atoms with E-state index in [2.05, 4.69) is 25.2 Å². The molecule has 1 atom stereocenters. The van der Waals surface area contributed by atoms with Crippen LogP contribution in [0.5, 0.6) is 11.5 Å². The summed E-state index contributed by atoms with van der Waals surface area (Å²) >= 11 is 0. The Balaban J connectivity index is 1.88. The lowest BCUT2D eigenvalue weighted by Crippen LogP contribution is -2.41. The monoisotopic (exact) mass is 524 g/mol. The van der Waals surface area contributed by atoms with Crippen LogP contribution in [0.25, 0.3) is 0 Å². The average Bonchev–Trinajstić information content (AvgIpc) is 2.87. The van der Waals surface area contributed by atoms with Crippen LogP contribution >= 0.6 is 0 Å². The van der Waals surface area contributed by atoms with E-state index in [0.717, 1.165) is 26.7 Å². The minimum absolute atomic E-state index is 0.0771. The second kappa shape index (κ2) is 12.1. The summed E-state index contributed by atoms with van der Waals surface area (Å²) in [4.78, 5) is 13.3. The third-order valence-corrected chi connectivity index (χ3v) is 7.93. The molecule has 0 unspecified atom stereocenters. The zero-order chi connectivity index (χ0) is 27.2. The number of carbonyl (C=O) groups is 1. The Kier molecular flexibility index (Phi) is 9.21. The van der Waals surface area contributed by atoms with Gasteiger partial charge < -0.3 is 14.8 Å². The Labute approximate surface area is 220 Å². The number of aryl methyl sites for hydroxylation is 1. The predicted octanol–water partition coefficient (Wildman–Crippen LogP) is 5.60. The van der Waals surface area contributed by atoms with Gasteiger partial charge >= 0.3 is 0 Å². The normalized spacial score (nSPS) is 12.2. The Morgan fingerprint density at radius 1 is 0.973 bits per heavy atom. The molecule has 3 rings (SSSR count). The molecular formula is C29H36N2O5S. The minimum atomic E-state index is -4.02. The van der Waals surface area contributed by atoms with Crippen molar-refractivity contribution in [2.75, 3.05) is 24.6 Å². The Morgan fingerprint density at radius 3 is 2.19 bits per heavy atom. The topological polar surface area (TPSA) is 84.9 Å². The van der Waals surface area contributed by atoms with E-state index in [1.54, 1.807) is 49.6 Å². The molecule has 37 heavy (non-hydrogen) atoms. The number of ether oxygens (including phenoxy) is 2. The number of methoxy groups -OCH3 is 1. The van der Waals surface area contributed by atoms with E-state index < -0.39 is 15.9 Å². The zero-order valence-corrected chi connectivity index (χ0v) is 23.1. The lowest BCUT2D eigenvalue weighted by molar-refractivity contribution is -0.120. The number of nitrogens with one attached hydrogen (secondary N) is 1. The first kappa shape index (κ1) is 28.1. The smallest absolute Gasteiger partial charge is 0.264 e. The summed E-state index contributed by atoms with van der Waals surface area (Å²) in [6.45, 7) is 10.0. The number of nitrogens with zero attached hydrogens (tertiary/aromatic N) is 1. The Hall–Kier alpha value is -3.52. The van der Waals surface area contributed by atoms with Crippen molar-refractivity contribution in [1.29, 1.82) is 0 Å². The minimum Gasteiger partial charge on any atom is -0.496 e. The summed E-state index contributed by atoms with van der Waals surface area (Å²) in [5, 5.41) is 2.98. The largest absolute Gasteiger partial charge is 0.496 e. The van der Waals surface area contributed by atoms with Crippen LogP contribution in [0.15, 0.2) is 71.6 Å². The zero-order valence-electron chi connectivity index (χ0n) is 22.3. The standard InChI is InChI=1S/C29H36N2O5S/c1-7-36-24-13-15-25(16-14-24)37(33,34)31(23-11-9-8-10-12-23)19-29(32)30-22(5)27-18-26(20(2)3)28(35-6)17-21(27)4/h8-18,20,22H,7,19H2,1-6H3,(H,30,32)/t22-/m1/s1. The van der Waals surface area contributed by atoms with Gasteiger partial charge in [-0.1, -0.05) is 32.0 Å². The molecule has 0 spiro atoms. The second-order valence-corrected chi connectivity index (χ2v) is 11.0. The molecule has 198 valence electrons. The van der Waals surface area contributed by atoms with Crippen molar-refractivity contribution < 1.29 is 22.7 Å². The highest BCUT2D eigenvalue weighted by atomic mass is 32.2. The van der Waals surface area contributed by atoms with Gasteiger partial charge in [0.15, 0.2) is 0 Å². The van der Waals surface area contributed by atoms with Crippen molar-refractivity contribution in [3.8, 4) is 11.5 Å². The van der Waals surface area contributed by atoms with Crippen molar-refractivity contribution in [3.63, 3.8) is 0 Å².